The number of H-pyrrole nitrogens is 1. The molecular formula is C25H21F2N3O4S. The Hall–Kier alpha value is -3.79. The van der Waals surface area contributed by atoms with E-state index in [0.717, 1.165) is 6.07 Å². The molecule has 2 heterocycles. The summed E-state index contributed by atoms with van der Waals surface area (Å²) in [5, 5.41) is 0.337. The lowest BCUT2D eigenvalue weighted by Crippen LogP contribution is -2.16. The molecule has 0 saturated heterocycles. The van der Waals surface area contributed by atoms with E-state index in [-0.39, 0.29) is 22.3 Å². The maximum absolute atomic E-state index is 14.4. The van der Waals surface area contributed by atoms with Gasteiger partial charge in [-0.05, 0) is 49.2 Å². The summed E-state index contributed by atoms with van der Waals surface area (Å²) >= 11 is 0. The summed E-state index contributed by atoms with van der Waals surface area (Å²) in [7, 11) is -1.45. The molecule has 0 spiro atoms. The van der Waals surface area contributed by atoms with E-state index < -0.39 is 27.3 Å². The lowest BCUT2D eigenvalue weighted by Gasteiger charge is -2.17. The SMILES string of the molecule is CC(=O)N=S(=O)(c1ccc(Oc2ccc(F)cc2F)c(-c2cn(C)c(=O)c3[nH]ccc23)c1)C1CC1. The molecule has 4 aromatic rings. The first-order valence-electron chi connectivity index (χ1n) is 10.9. The van der Waals surface area contributed by atoms with Crippen LogP contribution in [0.25, 0.3) is 22.0 Å². The Kier molecular flexibility index (Phi) is 5.55. The molecule has 2 aromatic heterocycles. The fourth-order valence-electron chi connectivity index (χ4n) is 4.05. The smallest absolute Gasteiger partial charge is 0.274 e. The minimum atomic E-state index is -3.04. The van der Waals surface area contributed by atoms with E-state index in [2.05, 4.69) is 9.35 Å². The van der Waals surface area contributed by atoms with Crippen molar-refractivity contribution in [2.75, 3.05) is 0 Å². The lowest BCUT2D eigenvalue weighted by atomic mass is 10.0. The van der Waals surface area contributed by atoms with Gasteiger partial charge in [0.25, 0.3) is 11.5 Å². The predicted octanol–water partition coefficient (Wildman–Crippen LogP) is 5.14. The van der Waals surface area contributed by atoms with Gasteiger partial charge in [0, 0.05) is 59.1 Å². The van der Waals surface area contributed by atoms with E-state index in [1.54, 1.807) is 37.6 Å². The second-order valence-electron chi connectivity index (χ2n) is 8.44. The normalized spacial score (nSPS) is 15.1. The number of fused-ring (bicyclic) bond motifs is 1. The summed E-state index contributed by atoms with van der Waals surface area (Å²) in [6.45, 7) is 1.26. The molecule has 180 valence electrons. The Morgan fingerprint density at radius 1 is 1.11 bits per heavy atom. The molecule has 1 N–H and O–H groups in total. The number of amides is 1. The average molecular weight is 498 g/mol. The number of nitrogens with zero attached hydrogens (tertiary/aromatic N) is 2. The van der Waals surface area contributed by atoms with E-state index in [9.17, 15) is 22.6 Å². The molecule has 1 saturated carbocycles. The summed E-state index contributed by atoms with van der Waals surface area (Å²) in [5.41, 5.74) is 1.08. The predicted molar refractivity (Wildman–Crippen MR) is 128 cm³/mol. The Morgan fingerprint density at radius 2 is 1.86 bits per heavy atom. The molecule has 1 aliphatic rings. The first-order chi connectivity index (χ1) is 16.7. The number of aromatic amines is 1. The number of halogens is 2. The standard InChI is InChI=1S/C25H21F2N3O4S/c1-14(31)29-35(33,16-4-5-16)17-6-8-22(34-23-7-3-15(26)11-21(23)27)19(12-17)20-13-30(2)25(32)24-18(20)9-10-28-24/h3,6-13,16,28H,4-5H2,1-2H3. The number of hydrogen-bond donors (Lipinski definition) is 1. The monoisotopic (exact) mass is 497 g/mol. The second kappa shape index (κ2) is 8.46. The van der Waals surface area contributed by atoms with Gasteiger partial charge < -0.3 is 14.3 Å². The van der Waals surface area contributed by atoms with Gasteiger partial charge in [-0.15, -0.1) is 0 Å². The van der Waals surface area contributed by atoms with Gasteiger partial charge in [0.05, 0.1) is 9.73 Å². The van der Waals surface area contributed by atoms with Crippen LogP contribution in [0.15, 0.2) is 68.9 Å². The van der Waals surface area contributed by atoms with Gasteiger partial charge in [0.15, 0.2) is 11.6 Å². The number of ether oxygens (including phenoxy) is 1. The molecule has 0 aliphatic heterocycles. The first kappa shape index (κ1) is 23.0. The van der Waals surface area contributed by atoms with Crippen molar-refractivity contribution in [3.63, 3.8) is 0 Å². The third-order valence-corrected chi connectivity index (χ3v) is 8.66. The Labute approximate surface area is 199 Å². The van der Waals surface area contributed by atoms with E-state index in [1.807, 2.05) is 0 Å². The Balaban J connectivity index is 1.77. The van der Waals surface area contributed by atoms with Crippen molar-refractivity contribution < 1.29 is 22.5 Å². The molecule has 2 aromatic carbocycles. The van der Waals surface area contributed by atoms with E-state index in [0.29, 0.717) is 45.8 Å². The number of aromatic nitrogens is 2. The third kappa shape index (κ3) is 4.14. The van der Waals surface area contributed by atoms with Crippen LogP contribution < -0.4 is 10.3 Å². The van der Waals surface area contributed by atoms with Gasteiger partial charge in [0.2, 0.25) is 0 Å². The highest BCUT2D eigenvalue weighted by Crippen LogP contribution is 2.42. The number of carbonyl (C=O) groups excluding carboxylic acids is 1. The number of carbonyl (C=O) groups is 1. The second-order valence-corrected chi connectivity index (χ2v) is 10.9. The van der Waals surface area contributed by atoms with Crippen molar-refractivity contribution in [3.05, 3.63) is 76.8 Å². The topological polar surface area (TPSA) is 93.5 Å². The number of hydrogen-bond acceptors (Lipinski definition) is 4. The maximum atomic E-state index is 14.4. The Bertz CT molecular complexity index is 1680. The minimum absolute atomic E-state index is 0.195. The van der Waals surface area contributed by atoms with Crippen molar-refractivity contribution in [2.45, 2.75) is 29.9 Å². The van der Waals surface area contributed by atoms with Gasteiger partial charge >= 0.3 is 0 Å². The van der Waals surface area contributed by atoms with E-state index in [1.165, 1.54) is 23.6 Å². The number of pyridine rings is 1. The van der Waals surface area contributed by atoms with Crippen LogP contribution in [0.2, 0.25) is 0 Å². The number of benzene rings is 2. The molecule has 0 radical (unpaired) electrons. The van der Waals surface area contributed by atoms with Crippen molar-refractivity contribution in [1.82, 2.24) is 9.55 Å². The zero-order valence-electron chi connectivity index (χ0n) is 18.9. The summed E-state index contributed by atoms with van der Waals surface area (Å²) in [6, 6.07) is 9.36. The summed E-state index contributed by atoms with van der Waals surface area (Å²) in [6.07, 6.45) is 4.60. The van der Waals surface area contributed by atoms with Crippen molar-refractivity contribution in [3.8, 4) is 22.6 Å². The molecular weight excluding hydrogens is 476 g/mol. The van der Waals surface area contributed by atoms with Crippen LogP contribution in [-0.2, 0) is 21.6 Å². The zero-order valence-corrected chi connectivity index (χ0v) is 19.7. The molecule has 10 heteroatoms. The van der Waals surface area contributed by atoms with Crippen molar-refractivity contribution in [2.24, 2.45) is 11.4 Å². The van der Waals surface area contributed by atoms with Crippen LogP contribution in [0.4, 0.5) is 8.78 Å². The van der Waals surface area contributed by atoms with Crippen LogP contribution in [-0.4, -0.2) is 24.9 Å². The molecule has 1 atom stereocenters. The fourth-order valence-corrected chi connectivity index (χ4v) is 6.39. The van der Waals surface area contributed by atoms with E-state index >= 15 is 0 Å². The number of aryl methyl sites for hydroxylation is 1. The fraction of sp³-hybridized carbons (Fsp3) is 0.200. The molecule has 5 rings (SSSR count). The van der Waals surface area contributed by atoms with Gasteiger partial charge in [0.1, 0.15) is 17.1 Å². The molecule has 1 unspecified atom stereocenters. The summed E-state index contributed by atoms with van der Waals surface area (Å²) in [4.78, 5) is 27.7. The Morgan fingerprint density at radius 3 is 2.54 bits per heavy atom. The van der Waals surface area contributed by atoms with Gasteiger partial charge in [-0.3, -0.25) is 9.59 Å². The van der Waals surface area contributed by atoms with Crippen LogP contribution in [0, 0.1) is 11.6 Å². The lowest BCUT2D eigenvalue weighted by molar-refractivity contribution is -0.115. The van der Waals surface area contributed by atoms with Gasteiger partial charge in [-0.1, -0.05) is 0 Å². The van der Waals surface area contributed by atoms with Crippen LogP contribution in [0.1, 0.15) is 19.8 Å². The quantitative estimate of drug-likeness (QED) is 0.413. The number of rotatable bonds is 5. The molecule has 0 bridgehead atoms. The van der Waals surface area contributed by atoms with Crippen molar-refractivity contribution >= 4 is 26.5 Å². The maximum Gasteiger partial charge on any atom is 0.274 e. The van der Waals surface area contributed by atoms with Crippen LogP contribution >= 0.6 is 0 Å². The van der Waals surface area contributed by atoms with Crippen LogP contribution in [0.3, 0.4) is 0 Å². The van der Waals surface area contributed by atoms with Crippen molar-refractivity contribution in [1.29, 1.82) is 0 Å². The average Bonchev–Trinajstić information content (AvgIpc) is 3.55. The summed E-state index contributed by atoms with van der Waals surface area (Å²) < 4.78 is 52.9. The largest absolute Gasteiger partial charge is 0.454 e. The third-order valence-electron chi connectivity index (χ3n) is 5.83. The van der Waals surface area contributed by atoms with E-state index in [4.69, 9.17) is 4.74 Å². The number of nitrogens with one attached hydrogen (secondary N) is 1. The molecule has 7 nitrogen and oxygen atoms in total. The zero-order chi connectivity index (χ0) is 24.9. The highest BCUT2D eigenvalue weighted by molar-refractivity contribution is 7.94. The molecule has 35 heavy (non-hydrogen) atoms. The molecule has 1 amide bonds. The molecule has 1 fully saturated rings. The highest BCUT2D eigenvalue weighted by atomic mass is 32.2. The first-order valence-corrected chi connectivity index (χ1v) is 12.5. The van der Waals surface area contributed by atoms with Crippen LogP contribution in [0.5, 0.6) is 11.5 Å². The van der Waals surface area contributed by atoms with Gasteiger partial charge in [-0.25, -0.2) is 13.0 Å². The van der Waals surface area contributed by atoms with Gasteiger partial charge in [-0.2, -0.15) is 4.36 Å². The highest BCUT2D eigenvalue weighted by Gasteiger charge is 2.36. The molecule has 1 aliphatic carbocycles. The summed E-state index contributed by atoms with van der Waals surface area (Å²) in [5.74, 6) is -2.17. The minimum Gasteiger partial charge on any atom is -0.454 e.